The van der Waals surface area contributed by atoms with Crippen LogP contribution in [0.2, 0.25) is 0 Å². The summed E-state index contributed by atoms with van der Waals surface area (Å²) in [6.07, 6.45) is 4.29. The lowest BCUT2D eigenvalue weighted by Gasteiger charge is -2.29. The molecule has 0 atom stereocenters. The summed E-state index contributed by atoms with van der Waals surface area (Å²) in [5, 5.41) is 0. The second-order valence-electron chi connectivity index (χ2n) is 6.03. The molecule has 0 unspecified atom stereocenters. The third-order valence-electron chi connectivity index (χ3n) is 3.04. The van der Waals surface area contributed by atoms with Crippen molar-refractivity contribution in [1.29, 1.82) is 0 Å². The number of aromatic nitrogens is 2. The van der Waals surface area contributed by atoms with E-state index in [9.17, 15) is 4.79 Å². The molecule has 108 valence electrons. The molecule has 0 aliphatic heterocycles. The zero-order chi connectivity index (χ0) is 14.6. The lowest BCUT2D eigenvalue weighted by atomic mass is 10.1. The van der Waals surface area contributed by atoms with E-state index >= 15 is 0 Å². The Kier molecular flexibility index (Phi) is 5.11. The maximum Gasteiger partial charge on any atom is 0.293 e. The predicted octanol–water partition coefficient (Wildman–Crippen LogP) is 1.56. The van der Waals surface area contributed by atoms with E-state index in [0.29, 0.717) is 12.4 Å². The Morgan fingerprint density at radius 1 is 1.42 bits per heavy atom. The first kappa shape index (κ1) is 15.7. The maximum absolute atomic E-state index is 12.6. The van der Waals surface area contributed by atoms with Crippen molar-refractivity contribution in [1.82, 2.24) is 9.55 Å². The summed E-state index contributed by atoms with van der Waals surface area (Å²) in [4.78, 5) is 18.9. The Morgan fingerprint density at radius 2 is 2.05 bits per heavy atom. The third-order valence-corrected chi connectivity index (χ3v) is 3.04. The Bertz CT molecular complexity index is 459. The van der Waals surface area contributed by atoms with Crippen molar-refractivity contribution >= 4 is 5.82 Å². The van der Waals surface area contributed by atoms with Crippen LogP contribution in [0.5, 0.6) is 0 Å². The van der Waals surface area contributed by atoms with Gasteiger partial charge in [0.25, 0.3) is 5.56 Å². The largest absolute Gasteiger partial charge is 0.350 e. The zero-order valence-corrected chi connectivity index (χ0v) is 12.7. The molecule has 5 heteroatoms. The Balaban J connectivity index is 3.21. The maximum atomic E-state index is 12.6. The fraction of sp³-hybridized carbons (Fsp3) is 0.714. The first-order chi connectivity index (χ1) is 8.79. The Hall–Kier alpha value is -1.36. The highest BCUT2D eigenvalue weighted by Crippen LogP contribution is 2.14. The summed E-state index contributed by atoms with van der Waals surface area (Å²) in [6, 6.07) is 0.225. The summed E-state index contributed by atoms with van der Waals surface area (Å²) < 4.78 is 1.73. The number of nitrogens with two attached hydrogens (primary N) is 1. The quantitative estimate of drug-likeness (QED) is 0.878. The summed E-state index contributed by atoms with van der Waals surface area (Å²) in [6.45, 7) is 11.5. The van der Waals surface area contributed by atoms with Crippen LogP contribution >= 0.6 is 0 Å². The topological polar surface area (TPSA) is 64.2 Å². The summed E-state index contributed by atoms with van der Waals surface area (Å²) in [7, 11) is 0. The first-order valence-electron chi connectivity index (χ1n) is 6.84. The van der Waals surface area contributed by atoms with Gasteiger partial charge in [0.1, 0.15) is 0 Å². The van der Waals surface area contributed by atoms with Gasteiger partial charge in [0.15, 0.2) is 5.82 Å². The van der Waals surface area contributed by atoms with Crippen LogP contribution < -0.4 is 16.2 Å². The van der Waals surface area contributed by atoms with E-state index in [1.165, 1.54) is 0 Å². The standard InChI is InChI=1S/C14H26N4O/c1-11(2)17(9-6-7-15)12-13(19)18(10-8-16-12)14(3,4)5/h8,10-11H,6-7,9,15H2,1-5H3. The van der Waals surface area contributed by atoms with Crippen molar-refractivity contribution in [2.45, 2.75) is 52.6 Å². The van der Waals surface area contributed by atoms with Crippen LogP contribution in [-0.4, -0.2) is 28.7 Å². The second kappa shape index (κ2) is 6.19. The van der Waals surface area contributed by atoms with Crippen molar-refractivity contribution in [3.63, 3.8) is 0 Å². The molecular weight excluding hydrogens is 240 g/mol. The SMILES string of the molecule is CC(C)N(CCCN)c1nccn(C(C)(C)C)c1=O. The van der Waals surface area contributed by atoms with Gasteiger partial charge in [-0.15, -0.1) is 0 Å². The van der Waals surface area contributed by atoms with Crippen molar-refractivity contribution < 1.29 is 0 Å². The van der Waals surface area contributed by atoms with Gasteiger partial charge in [-0.3, -0.25) is 4.79 Å². The number of nitrogens with zero attached hydrogens (tertiary/aromatic N) is 3. The third kappa shape index (κ3) is 3.80. The van der Waals surface area contributed by atoms with Gasteiger partial charge in [-0.2, -0.15) is 0 Å². The van der Waals surface area contributed by atoms with Gasteiger partial charge in [0.05, 0.1) is 0 Å². The molecule has 0 saturated heterocycles. The number of hydrogen-bond donors (Lipinski definition) is 1. The monoisotopic (exact) mass is 266 g/mol. The van der Waals surface area contributed by atoms with Crippen LogP contribution in [0.4, 0.5) is 5.82 Å². The van der Waals surface area contributed by atoms with E-state index in [0.717, 1.165) is 13.0 Å². The summed E-state index contributed by atoms with van der Waals surface area (Å²) in [5.41, 5.74) is 5.28. The van der Waals surface area contributed by atoms with Crippen LogP contribution in [0.15, 0.2) is 17.2 Å². The van der Waals surface area contributed by atoms with Gasteiger partial charge in [-0.05, 0) is 47.6 Å². The van der Waals surface area contributed by atoms with Crippen LogP contribution in [-0.2, 0) is 5.54 Å². The van der Waals surface area contributed by atoms with Gasteiger partial charge < -0.3 is 15.2 Å². The molecule has 1 aromatic heterocycles. The van der Waals surface area contributed by atoms with Gasteiger partial charge in [0.2, 0.25) is 0 Å². The highest BCUT2D eigenvalue weighted by molar-refractivity contribution is 5.37. The molecule has 0 fully saturated rings. The molecule has 0 aromatic carbocycles. The van der Waals surface area contributed by atoms with E-state index in [4.69, 9.17) is 5.73 Å². The van der Waals surface area contributed by atoms with Gasteiger partial charge in [0, 0.05) is 30.5 Å². The number of rotatable bonds is 5. The lowest BCUT2D eigenvalue weighted by Crippen LogP contribution is -2.42. The minimum atomic E-state index is -0.245. The molecule has 1 rings (SSSR count). The Labute approximate surface area is 115 Å². The van der Waals surface area contributed by atoms with E-state index in [2.05, 4.69) is 18.8 Å². The van der Waals surface area contributed by atoms with E-state index in [1.807, 2.05) is 25.7 Å². The highest BCUT2D eigenvalue weighted by Gasteiger charge is 2.21. The zero-order valence-electron chi connectivity index (χ0n) is 12.7. The minimum absolute atomic E-state index is 0.0410. The summed E-state index contributed by atoms with van der Waals surface area (Å²) in [5.74, 6) is 0.515. The lowest BCUT2D eigenvalue weighted by molar-refractivity contribution is 0.381. The molecular formula is C14H26N4O. The molecule has 1 heterocycles. The average molecular weight is 266 g/mol. The molecule has 0 spiro atoms. The molecule has 0 saturated carbocycles. The number of hydrogen-bond acceptors (Lipinski definition) is 4. The number of anilines is 1. The smallest absolute Gasteiger partial charge is 0.293 e. The van der Waals surface area contributed by atoms with Gasteiger partial charge in [-0.25, -0.2) is 4.98 Å². The van der Waals surface area contributed by atoms with Gasteiger partial charge in [-0.1, -0.05) is 0 Å². The fourth-order valence-electron chi connectivity index (χ4n) is 2.00. The molecule has 19 heavy (non-hydrogen) atoms. The average Bonchev–Trinajstić information content (AvgIpc) is 2.29. The van der Waals surface area contributed by atoms with Gasteiger partial charge >= 0.3 is 0 Å². The van der Waals surface area contributed by atoms with Crippen molar-refractivity contribution in [2.75, 3.05) is 18.0 Å². The fourth-order valence-corrected chi connectivity index (χ4v) is 2.00. The summed E-state index contributed by atoms with van der Waals surface area (Å²) >= 11 is 0. The van der Waals surface area contributed by atoms with Crippen molar-refractivity contribution in [2.24, 2.45) is 5.73 Å². The normalized spacial score (nSPS) is 11.9. The van der Waals surface area contributed by atoms with E-state index in [-0.39, 0.29) is 17.1 Å². The molecule has 0 bridgehead atoms. The van der Waals surface area contributed by atoms with Crippen LogP contribution in [0.3, 0.4) is 0 Å². The van der Waals surface area contributed by atoms with E-state index in [1.54, 1.807) is 17.0 Å². The van der Waals surface area contributed by atoms with Crippen LogP contribution in [0.1, 0.15) is 41.0 Å². The molecule has 2 N–H and O–H groups in total. The van der Waals surface area contributed by atoms with Crippen LogP contribution in [0.25, 0.3) is 0 Å². The van der Waals surface area contributed by atoms with Crippen LogP contribution in [0, 0.1) is 0 Å². The molecule has 0 radical (unpaired) electrons. The molecule has 0 aliphatic carbocycles. The Morgan fingerprint density at radius 3 is 2.53 bits per heavy atom. The second-order valence-corrected chi connectivity index (χ2v) is 6.03. The molecule has 1 aromatic rings. The molecule has 0 aliphatic rings. The predicted molar refractivity (Wildman–Crippen MR) is 79.6 cm³/mol. The first-order valence-corrected chi connectivity index (χ1v) is 6.84. The van der Waals surface area contributed by atoms with Crippen molar-refractivity contribution in [3.8, 4) is 0 Å². The highest BCUT2D eigenvalue weighted by atomic mass is 16.1. The van der Waals surface area contributed by atoms with Crippen molar-refractivity contribution in [3.05, 3.63) is 22.7 Å². The molecule has 5 nitrogen and oxygen atoms in total. The molecule has 0 amide bonds. The minimum Gasteiger partial charge on any atom is -0.350 e. The van der Waals surface area contributed by atoms with E-state index < -0.39 is 0 Å².